The van der Waals surface area contributed by atoms with E-state index in [0.29, 0.717) is 5.56 Å². The van der Waals surface area contributed by atoms with Crippen LogP contribution in [0.2, 0.25) is 0 Å². The molecule has 14 heavy (non-hydrogen) atoms. The predicted octanol–water partition coefficient (Wildman–Crippen LogP) is 1.02. The third kappa shape index (κ3) is 1.69. The number of carbonyl (C=O) groups excluding carboxylic acids is 1. The minimum Gasteiger partial charge on any atom is -0.391 e. The summed E-state index contributed by atoms with van der Waals surface area (Å²) in [5.41, 5.74) is 0.639. The van der Waals surface area contributed by atoms with E-state index >= 15 is 0 Å². The van der Waals surface area contributed by atoms with Gasteiger partial charge in [-0.15, -0.1) is 0 Å². The van der Waals surface area contributed by atoms with Crippen LogP contribution in [0.1, 0.15) is 17.3 Å². The van der Waals surface area contributed by atoms with Gasteiger partial charge in [0.1, 0.15) is 12.2 Å². The van der Waals surface area contributed by atoms with Crippen LogP contribution in [0.4, 0.5) is 0 Å². The van der Waals surface area contributed by atoms with E-state index in [-0.39, 0.29) is 11.9 Å². The van der Waals surface area contributed by atoms with Gasteiger partial charge < -0.3 is 9.84 Å². The van der Waals surface area contributed by atoms with Crippen LogP contribution in [0.5, 0.6) is 0 Å². The van der Waals surface area contributed by atoms with E-state index in [2.05, 4.69) is 0 Å². The minimum atomic E-state index is -0.576. The molecule has 0 spiro atoms. The van der Waals surface area contributed by atoms with E-state index in [1.165, 1.54) is 0 Å². The molecule has 1 saturated heterocycles. The second-order valence-electron chi connectivity index (χ2n) is 3.49. The van der Waals surface area contributed by atoms with Crippen molar-refractivity contribution in [2.75, 3.05) is 0 Å². The smallest absolute Gasteiger partial charge is 0.194 e. The van der Waals surface area contributed by atoms with E-state index < -0.39 is 12.2 Å². The van der Waals surface area contributed by atoms with Crippen LogP contribution in [0.15, 0.2) is 30.3 Å². The fourth-order valence-electron chi connectivity index (χ4n) is 1.47. The average molecular weight is 192 g/mol. The highest BCUT2D eigenvalue weighted by atomic mass is 16.6. The van der Waals surface area contributed by atoms with E-state index in [4.69, 9.17) is 4.74 Å². The number of aliphatic hydroxyl groups excluding tert-OH is 1. The predicted molar refractivity (Wildman–Crippen MR) is 51.1 cm³/mol. The van der Waals surface area contributed by atoms with Crippen LogP contribution in [0.25, 0.3) is 0 Å². The first-order valence-corrected chi connectivity index (χ1v) is 4.63. The van der Waals surface area contributed by atoms with Crippen molar-refractivity contribution in [1.29, 1.82) is 0 Å². The standard InChI is InChI=1S/C11H12O3/c1-7(12)10-11(14-10)9(13)8-5-3-2-4-6-8/h2-7,10-12H,1H3. The summed E-state index contributed by atoms with van der Waals surface area (Å²) in [7, 11) is 0. The van der Waals surface area contributed by atoms with Crippen molar-refractivity contribution in [2.45, 2.75) is 25.2 Å². The van der Waals surface area contributed by atoms with E-state index in [9.17, 15) is 9.90 Å². The zero-order chi connectivity index (χ0) is 10.1. The number of Topliss-reactive ketones (excluding diaryl/α,β-unsaturated/α-hetero) is 1. The monoisotopic (exact) mass is 192 g/mol. The molecule has 1 aliphatic heterocycles. The van der Waals surface area contributed by atoms with E-state index in [1.54, 1.807) is 19.1 Å². The maximum atomic E-state index is 11.7. The molecular formula is C11H12O3. The van der Waals surface area contributed by atoms with Crippen LogP contribution in [0, 0.1) is 0 Å². The summed E-state index contributed by atoms with van der Waals surface area (Å²) in [4.78, 5) is 11.7. The Bertz CT molecular complexity index is 332. The molecule has 3 nitrogen and oxygen atoms in total. The minimum absolute atomic E-state index is 0.0449. The van der Waals surface area contributed by atoms with Gasteiger partial charge in [-0.1, -0.05) is 30.3 Å². The summed E-state index contributed by atoms with van der Waals surface area (Å²) in [6.07, 6.45) is -1.34. The molecule has 1 fully saturated rings. The molecule has 74 valence electrons. The molecular weight excluding hydrogens is 180 g/mol. The van der Waals surface area contributed by atoms with Crippen LogP contribution in [0.3, 0.4) is 0 Å². The molecule has 0 saturated carbocycles. The van der Waals surface area contributed by atoms with Crippen LogP contribution in [-0.4, -0.2) is 29.2 Å². The molecule has 1 aromatic rings. The van der Waals surface area contributed by atoms with Gasteiger partial charge in [-0.25, -0.2) is 0 Å². The number of hydrogen-bond donors (Lipinski definition) is 1. The number of ether oxygens (including phenoxy) is 1. The summed E-state index contributed by atoms with van der Waals surface area (Å²) >= 11 is 0. The van der Waals surface area contributed by atoms with Gasteiger partial charge in [0.05, 0.1) is 6.10 Å². The zero-order valence-corrected chi connectivity index (χ0v) is 7.88. The maximum absolute atomic E-state index is 11.7. The normalized spacial score (nSPS) is 27.0. The van der Waals surface area contributed by atoms with Crippen LogP contribution >= 0.6 is 0 Å². The number of aliphatic hydroxyl groups is 1. The fourth-order valence-corrected chi connectivity index (χ4v) is 1.47. The molecule has 1 heterocycles. The number of ketones is 1. The first-order chi connectivity index (χ1) is 6.70. The number of carbonyl (C=O) groups is 1. The summed E-state index contributed by atoms with van der Waals surface area (Å²) in [5.74, 6) is -0.0449. The second-order valence-corrected chi connectivity index (χ2v) is 3.49. The van der Waals surface area contributed by atoms with Crippen molar-refractivity contribution in [3.63, 3.8) is 0 Å². The molecule has 0 aliphatic carbocycles. The van der Waals surface area contributed by atoms with Gasteiger partial charge in [0.25, 0.3) is 0 Å². The van der Waals surface area contributed by atoms with Crippen molar-refractivity contribution < 1.29 is 14.6 Å². The lowest BCUT2D eigenvalue weighted by atomic mass is 10.1. The number of benzene rings is 1. The number of epoxide rings is 1. The molecule has 1 N–H and O–H groups in total. The van der Waals surface area contributed by atoms with Crippen LogP contribution < -0.4 is 0 Å². The van der Waals surface area contributed by atoms with Gasteiger partial charge in [0.15, 0.2) is 5.78 Å². The Morgan fingerprint density at radius 3 is 2.57 bits per heavy atom. The third-order valence-corrected chi connectivity index (χ3v) is 2.32. The molecule has 0 radical (unpaired) electrons. The van der Waals surface area contributed by atoms with Gasteiger partial charge in [-0.3, -0.25) is 4.79 Å². The van der Waals surface area contributed by atoms with E-state index in [0.717, 1.165) is 0 Å². The highest BCUT2D eigenvalue weighted by Gasteiger charge is 2.47. The Morgan fingerprint density at radius 1 is 1.43 bits per heavy atom. The topological polar surface area (TPSA) is 49.8 Å². The molecule has 1 aromatic carbocycles. The highest BCUT2D eigenvalue weighted by Crippen LogP contribution is 2.28. The summed E-state index contributed by atoms with van der Waals surface area (Å²) in [6, 6.07) is 8.99. The zero-order valence-electron chi connectivity index (χ0n) is 7.88. The quantitative estimate of drug-likeness (QED) is 0.574. The molecule has 1 aliphatic rings. The lowest BCUT2D eigenvalue weighted by Gasteiger charge is -1.97. The van der Waals surface area contributed by atoms with Crippen molar-refractivity contribution >= 4 is 5.78 Å². The van der Waals surface area contributed by atoms with E-state index in [1.807, 2.05) is 18.2 Å². The SMILES string of the molecule is CC(O)C1OC1C(=O)c1ccccc1. The van der Waals surface area contributed by atoms with Gasteiger partial charge in [0.2, 0.25) is 0 Å². The van der Waals surface area contributed by atoms with Crippen molar-refractivity contribution in [1.82, 2.24) is 0 Å². The molecule has 3 atom stereocenters. The molecule has 0 bridgehead atoms. The van der Waals surface area contributed by atoms with Crippen molar-refractivity contribution in [2.24, 2.45) is 0 Å². The largest absolute Gasteiger partial charge is 0.391 e. The number of rotatable bonds is 3. The maximum Gasteiger partial charge on any atom is 0.194 e. The average Bonchev–Trinajstić information content (AvgIpc) is 2.97. The summed E-state index contributed by atoms with van der Waals surface area (Å²) in [5, 5.41) is 9.18. The summed E-state index contributed by atoms with van der Waals surface area (Å²) < 4.78 is 5.10. The first-order valence-electron chi connectivity index (χ1n) is 4.63. The molecule has 3 unspecified atom stereocenters. The Labute approximate surface area is 82.3 Å². The van der Waals surface area contributed by atoms with Crippen molar-refractivity contribution in [3.8, 4) is 0 Å². The Morgan fingerprint density at radius 2 is 2.07 bits per heavy atom. The van der Waals surface area contributed by atoms with Gasteiger partial charge in [-0.05, 0) is 6.92 Å². The van der Waals surface area contributed by atoms with Crippen molar-refractivity contribution in [3.05, 3.63) is 35.9 Å². The Hall–Kier alpha value is -1.19. The van der Waals surface area contributed by atoms with Gasteiger partial charge >= 0.3 is 0 Å². The number of hydrogen-bond acceptors (Lipinski definition) is 3. The summed E-state index contributed by atoms with van der Waals surface area (Å²) in [6.45, 7) is 1.63. The Kier molecular flexibility index (Phi) is 2.35. The van der Waals surface area contributed by atoms with Crippen LogP contribution in [-0.2, 0) is 4.74 Å². The molecule has 0 amide bonds. The molecule has 0 aromatic heterocycles. The Balaban J connectivity index is 2.05. The third-order valence-electron chi connectivity index (χ3n) is 2.32. The first kappa shape index (κ1) is 9.37. The lowest BCUT2D eigenvalue weighted by molar-refractivity contribution is 0.0953. The van der Waals surface area contributed by atoms with Gasteiger partial charge in [0, 0.05) is 5.56 Å². The molecule has 2 rings (SSSR count). The second kappa shape index (κ2) is 3.52. The molecule has 3 heteroatoms. The highest BCUT2D eigenvalue weighted by molar-refractivity contribution is 6.01. The fraction of sp³-hybridized carbons (Fsp3) is 0.364. The van der Waals surface area contributed by atoms with Gasteiger partial charge in [-0.2, -0.15) is 0 Å². The lowest BCUT2D eigenvalue weighted by Crippen LogP contribution is -2.17.